The van der Waals surface area contributed by atoms with E-state index < -0.39 is 22.1 Å². The Balaban J connectivity index is 2.20. The molecule has 0 aliphatic heterocycles. The van der Waals surface area contributed by atoms with Gasteiger partial charge in [-0.1, -0.05) is 0 Å². The van der Waals surface area contributed by atoms with E-state index in [1.54, 1.807) is 69.4 Å². The quantitative estimate of drug-likeness (QED) is 0.157. The molecule has 154 valence electrons. The molecule has 0 atom stereocenters. The number of halogens is 3. The predicted molar refractivity (Wildman–Crippen MR) is 130 cm³/mol. The fourth-order valence-electron chi connectivity index (χ4n) is 2.02. The third-order valence-electron chi connectivity index (χ3n) is 3.64. The van der Waals surface area contributed by atoms with Crippen LogP contribution in [0, 0.1) is 10.7 Å². The third kappa shape index (κ3) is 6.60. The summed E-state index contributed by atoms with van der Waals surface area (Å²) in [5, 5.41) is 0. The molecule has 0 heterocycles. The van der Waals surface area contributed by atoms with Crippen molar-refractivity contribution in [3.8, 4) is 11.5 Å². The van der Waals surface area contributed by atoms with E-state index >= 15 is 0 Å². The summed E-state index contributed by atoms with van der Waals surface area (Å²) < 4.78 is 44.0. The average molecular weight is 754 g/mol. The summed E-state index contributed by atoms with van der Waals surface area (Å²) >= 11 is 5.56. The minimum absolute atomic E-state index is 0.0457. The minimum Gasteiger partial charge on any atom is -0.423 e. The van der Waals surface area contributed by atoms with Gasteiger partial charge in [-0.25, -0.2) is 9.59 Å². The van der Waals surface area contributed by atoms with Crippen molar-refractivity contribution in [3.63, 3.8) is 0 Å². The molecule has 2 aromatic rings. The van der Waals surface area contributed by atoms with Gasteiger partial charge in [-0.2, -0.15) is 8.42 Å². The first-order chi connectivity index (χ1) is 13.4. The van der Waals surface area contributed by atoms with E-state index in [1.165, 1.54) is 26.0 Å². The predicted octanol–water partition coefficient (Wildman–Crippen LogP) is 4.59. The zero-order valence-electron chi connectivity index (χ0n) is 14.9. The highest BCUT2D eigenvalue weighted by Crippen LogP contribution is 2.29. The summed E-state index contributed by atoms with van der Waals surface area (Å²) in [6.07, 6.45) is 0. The number of carbonyl (C=O) groups is 2. The molecular weight excluding hydrogens is 741 g/mol. The van der Waals surface area contributed by atoms with Crippen LogP contribution >= 0.6 is 67.8 Å². The van der Waals surface area contributed by atoms with Crippen LogP contribution in [0.3, 0.4) is 0 Å². The van der Waals surface area contributed by atoms with Crippen molar-refractivity contribution < 1.29 is 32.0 Å². The van der Waals surface area contributed by atoms with Crippen LogP contribution in [-0.4, -0.2) is 24.9 Å². The van der Waals surface area contributed by atoms with E-state index in [0.717, 1.165) is 3.57 Å². The molecule has 0 aromatic heterocycles. The van der Waals surface area contributed by atoms with Gasteiger partial charge in [0.25, 0.3) is 10.1 Å². The standard InChI is InChI=1S/C18H13I3O7S/c1-9(17(22)27-12-5-3-11(19)4-6-12)10(2)18(23)28-13-7-14(20)16(15(21)8-13)29(24,25)26/h3-8H,1-2H3,(H,24,25,26)/b10-9-. The Morgan fingerprint density at radius 3 is 1.66 bits per heavy atom. The number of rotatable bonds is 5. The maximum Gasteiger partial charge on any atom is 0.339 e. The molecule has 0 bridgehead atoms. The molecule has 0 unspecified atom stereocenters. The summed E-state index contributed by atoms with van der Waals surface area (Å²) in [6.45, 7) is 2.87. The van der Waals surface area contributed by atoms with Crippen LogP contribution in [0.25, 0.3) is 0 Å². The summed E-state index contributed by atoms with van der Waals surface area (Å²) in [7, 11) is -4.41. The molecule has 1 N–H and O–H groups in total. The highest BCUT2D eigenvalue weighted by Gasteiger charge is 2.22. The molecule has 0 spiro atoms. The molecule has 0 aliphatic rings. The van der Waals surface area contributed by atoms with Gasteiger partial charge in [0.1, 0.15) is 16.4 Å². The van der Waals surface area contributed by atoms with Crippen molar-refractivity contribution in [1.29, 1.82) is 0 Å². The monoisotopic (exact) mass is 754 g/mol. The van der Waals surface area contributed by atoms with Gasteiger partial charge in [-0.15, -0.1) is 0 Å². The lowest BCUT2D eigenvalue weighted by atomic mass is 10.1. The molecular formula is C18H13I3O7S. The van der Waals surface area contributed by atoms with Crippen LogP contribution in [0.1, 0.15) is 13.8 Å². The van der Waals surface area contributed by atoms with E-state index in [4.69, 9.17) is 9.47 Å². The number of esters is 2. The summed E-state index contributed by atoms with van der Waals surface area (Å²) in [4.78, 5) is 24.4. The zero-order chi connectivity index (χ0) is 21.9. The SMILES string of the molecule is C/C(C(=O)Oc1ccc(I)cc1)=C(\C)C(=O)Oc1cc(I)c(S(=O)(=O)O)c(I)c1. The topological polar surface area (TPSA) is 107 Å². The minimum atomic E-state index is -4.41. The first-order valence-corrected chi connectivity index (χ1v) is 12.4. The molecule has 0 fully saturated rings. The van der Waals surface area contributed by atoms with Gasteiger partial charge in [0.2, 0.25) is 0 Å². The van der Waals surface area contributed by atoms with Crippen LogP contribution in [0.5, 0.6) is 11.5 Å². The molecule has 0 amide bonds. The van der Waals surface area contributed by atoms with Gasteiger partial charge in [0, 0.05) is 21.9 Å². The Bertz CT molecular complexity index is 1080. The molecule has 0 aliphatic carbocycles. The highest BCUT2D eigenvalue weighted by atomic mass is 127. The number of benzene rings is 2. The van der Waals surface area contributed by atoms with Crippen molar-refractivity contribution in [2.45, 2.75) is 18.7 Å². The van der Waals surface area contributed by atoms with E-state index in [0.29, 0.717) is 5.75 Å². The molecule has 11 heteroatoms. The van der Waals surface area contributed by atoms with Gasteiger partial charge < -0.3 is 9.47 Å². The Labute approximate surface area is 208 Å². The summed E-state index contributed by atoms with van der Waals surface area (Å²) in [5.74, 6) is -1.05. The second-order valence-corrected chi connectivity index (χ2v) is 10.6. The van der Waals surface area contributed by atoms with Gasteiger partial charge in [0.15, 0.2) is 0 Å². The fourth-order valence-corrected chi connectivity index (χ4v) is 6.37. The first kappa shape index (κ1) is 24.5. The number of hydrogen-bond donors (Lipinski definition) is 1. The smallest absolute Gasteiger partial charge is 0.339 e. The number of hydrogen-bond acceptors (Lipinski definition) is 6. The van der Waals surface area contributed by atoms with Crippen molar-refractivity contribution in [1.82, 2.24) is 0 Å². The maximum atomic E-state index is 12.4. The number of ether oxygens (including phenoxy) is 2. The first-order valence-electron chi connectivity index (χ1n) is 7.74. The van der Waals surface area contributed by atoms with Gasteiger partial charge in [0.05, 0.1) is 0 Å². The Morgan fingerprint density at radius 1 is 0.828 bits per heavy atom. The Hall–Kier alpha value is -0.780. The third-order valence-corrected chi connectivity index (χ3v) is 7.75. The molecule has 0 saturated heterocycles. The second-order valence-electron chi connectivity index (χ2n) is 5.67. The molecule has 7 nitrogen and oxygen atoms in total. The lowest BCUT2D eigenvalue weighted by molar-refractivity contribution is -0.133. The molecule has 2 aromatic carbocycles. The van der Waals surface area contributed by atoms with E-state index in [1.807, 2.05) is 0 Å². The largest absolute Gasteiger partial charge is 0.423 e. The average Bonchev–Trinajstić information content (AvgIpc) is 2.60. The fraction of sp³-hybridized carbons (Fsp3) is 0.111. The van der Waals surface area contributed by atoms with Crippen molar-refractivity contribution in [3.05, 3.63) is 58.3 Å². The molecule has 2 rings (SSSR count). The van der Waals surface area contributed by atoms with Crippen LogP contribution in [0.2, 0.25) is 0 Å². The lowest BCUT2D eigenvalue weighted by Crippen LogP contribution is -2.17. The summed E-state index contributed by atoms with van der Waals surface area (Å²) in [6, 6.07) is 9.45. The molecule has 29 heavy (non-hydrogen) atoms. The normalized spacial score (nSPS) is 12.2. The van der Waals surface area contributed by atoms with Crippen LogP contribution < -0.4 is 9.47 Å². The highest BCUT2D eigenvalue weighted by molar-refractivity contribution is 14.1. The molecule has 0 saturated carbocycles. The molecule has 0 radical (unpaired) electrons. The van der Waals surface area contributed by atoms with Crippen LogP contribution in [0.4, 0.5) is 0 Å². The Morgan fingerprint density at radius 2 is 1.24 bits per heavy atom. The van der Waals surface area contributed by atoms with Crippen molar-refractivity contribution >= 4 is 89.8 Å². The lowest BCUT2D eigenvalue weighted by Gasteiger charge is -2.11. The maximum absolute atomic E-state index is 12.4. The second kappa shape index (κ2) is 10.0. The van der Waals surface area contributed by atoms with Crippen LogP contribution in [0.15, 0.2) is 52.4 Å². The van der Waals surface area contributed by atoms with Crippen molar-refractivity contribution in [2.75, 3.05) is 0 Å². The van der Waals surface area contributed by atoms with E-state index in [-0.39, 0.29) is 28.9 Å². The van der Waals surface area contributed by atoms with Gasteiger partial charge in [-0.3, -0.25) is 4.55 Å². The van der Waals surface area contributed by atoms with E-state index in [2.05, 4.69) is 22.6 Å². The Kier molecular flexibility index (Phi) is 8.46. The van der Waals surface area contributed by atoms with Gasteiger partial charge >= 0.3 is 11.9 Å². The van der Waals surface area contributed by atoms with Gasteiger partial charge in [-0.05, 0) is 118 Å². The number of carbonyl (C=O) groups excluding carboxylic acids is 2. The van der Waals surface area contributed by atoms with Crippen molar-refractivity contribution in [2.24, 2.45) is 0 Å². The summed E-state index contributed by atoms with van der Waals surface area (Å²) in [5.41, 5.74) is 0.122. The zero-order valence-corrected chi connectivity index (χ0v) is 22.2. The van der Waals surface area contributed by atoms with Crippen LogP contribution in [-0.2, 0) is 19.7 Å². The van der Waals surface area contributed by atoms with E-state index in [9.17, 15) is 22.6 Å².